The Labute approximate surface area is 137 Å². The van der Waals surface area contributed by atoms with Gasteiger partial charge in [0.15, 0.2) is 11.5 Å². The lowest BCUT2D eigenvalue weighted by Crippen LogP contribution is -2.40. The summed E-state index contributed by atoms with van der Waals surface area (Å²) in [6, 6.07) is 5.36. The average Bonchev–Trinajstić information content (AvgIpc) is 2.60. The van der Waals surface area contributed by atoms with Crippen LogP contribution in [-0.2, 0) is 4.74 Å². The number of hydrogen-bond donors (Lipinski definition) is 2. The molecule has 2 rings (SSSR count). The fourth-order valence-electron chi connectivity index (χ4n) is 2.64. The number of nitrogens with one attached hydrogen (secondary N) is 2. The van der Waals surface area contributed by atoms with Crippen molar-refractivity contribution in [3.63, 3.8) is 0 Å². The number of carbonyl (C=O) groups excluding carboxylic acids is 1. The Bertz CT molecular complexity index is 515. The minimum atomic E-state index is -0.154. The molecule has 1 heterocycles. The summed E-state index contributed by atoms with van der Waals surface area (Å²) in [5.41, 5.74) is 0.962. The van der Waals surface area contributed by atoms with Crippen LogP contribution in [-0.4, -0.2) is 40.0 Å². The van der Waals surface area contributed by atoms with Gasteiger partial charge in [0.25, 0.3) is 0 Å². The van der Waals surface area contributed by atoms with Gasteiger partial charge < -0.3 is 24.8 Å². The Morgan fingerprint density at radius 2 is 1.96 bits per heavy atom. The molecule has 2 N–H and O–H groups in total. The van der Waals surface area contributed by atoms with Crippen LogP contribution in [0.5, 0.6) is 11.5 Å². The molecule has 0 spiro atoms. The topological polar surface area (TPSA) is 68.8 Å². The van der Waals surface area contributed by atoms with Gasteiger partial charge in [-0.1, -0.05) is 6.07 Å². The lowest BCUT2D eigenvalue weighted by Gasteiger charge is -2.23. The van der Waals surface area contributed by atoms with E-state index in [4.69, 9.17) is 14.2 Å². The first-order valence-corrected chi connectivity index (χ1v) is 7.98. The molecule has 0 radical (unpaired) electrons. The van der Waals surface area contributed by atoms with Crippen molar-refractivity contribution >= 4 is 6.03 Å². The number of amides is 2. The molecule has 1 fully saturated rings. The van der Waals surface area contributed by atoms with Crippen molar-refractivity contribution in [3.05, 3.63) is 23.8 Å². The highest BCUT2D eigenvalue weighted by Crippen LogP contribution is 2.29. The van der Waals surface area contributed by atoms with Gasteiger partial charge in [0.05, 0.1) is 20.3 Å². The maximum absolute atomic E-state index is 12.0. The van der Waals surface area contributed by atoms with Gasteiger partial charge in [-0.25, -0.2) is 4.79 Å². The van der Waals surface area contributed by atoms with E-state index in [1.54, 1.807) is 14.2 Å². The quantitative estimate of drug-likeness (QED) is 0.844. The zero-order valence-electron chi connectivity index (χ0n) is 14.1. The van der Waals surface area contributed by atoms with Gasteiger partial charge in [0.1, 0.15) is 0 Å². The third kappa shape index (κ3) is 5.03. The van der Waals surface area contributed by atoms with E-state index in [2.05, 4.69) is 10.6 Å². The SMILES string of the molecule is COc1ccc(C(C)NC(=O)NCC2CCOCC2)cc1OC. The second-order valence-corrected chi connectivity index (χ2v) is 5.75. The van der Waals surface area contributed by atoms with Crippen LogP contribution < -0.4 is 20.1 Å². The maximum Gasteiger partial charge on any atom is 0.315 e. The second kappa shape index (κ2) is 8.62. The van der Waals surface area contributed by atoms with Crippen LogP contribution in [0.4, 0.5) is 4.79 Å². The van der Waals surface area contributed by atoms with Crippen LogP contribution in [0, 0.1) is 5.92 Å². The lowest BCUT2D eigenvalue weighted by atomic mass is 10.0. The molecule has 1 aliphatic heterocycles. The van der Waals surface area contributed by atoms with E-state index in [9.17, 15) is 4.79 Å². The molecular formula is C17H26N2O4. The Kier molecular flexibility index (Phi) is 6.52. The summed E-state index contributed by atoms with van der Waals surface area (Å²) < 4.78 is 15.8. The molecule has 0 aliphatic carbocycles. The lowest BCUT2D eigenvalue weighted by molar-refractivity contribution is 0.0669. The van der Waals surface area contributed by atoms with E-state index in [1.807, 2.05) is 25.1 Å². The number of urea groups is 1. The van der Waals surface area contributed by atoms with E-state index in [-0.39, 0.29) is 12.1 Å². The third-order valence-corrected chi connectivity index (χ3v) is 4.15. The summed E-state index contributed by atoms with van der Waals surface area (Å²) in [4.78, 5) is 12.0. The molecule has 1 aliphatic rings. The van der Waals surface area contributed by atoms with Crippen molar-refractivity contribution < 1.29 is 19.0 Å². The summed E-state index contributed by atoms with van der Waals surface area (Å²) in [5.74, 6) is 1.83. The van der Waals surface area contributed by atoms with E-state index in [1.165, 1.54) is 0 Å². The maximum atomic E-state index is 12.0. The molecule has 6 nitrogen and oxygen atoms in total. The van der Waals surface area contributed by atoms with Crippen LogP contribution >= 0.6 is 0 Å². The normalized spacial score (nSPS) is 16.5. The van der Waals surface area contributed by atoms with Crippen LogP contribution in [0.15, 0.2) is 18.2 Å². The standard InChI is InChI=1S/C17H26N2O4/c1-12(14-4-5-15(21-2)16(10-14)22-3)19-17(20)18-11-13-6-8-23-9-7-13/h4-5,10,12-13H,6-9,11H2,1-3H3,(H2,18,19,20). The first kappa shape index (κ1) is 17.4. The minimum Gasteiger partial charge on any atom is -0.493 e. The summed E-state index contributed by atoms with van der Waals surface area (Å²) in [6.07, 6.45) is 2.01. The molecule has 1 aromatic rings. The highest BCUT2D eigenvalue weighted by molar-refractivity contribution is 5.74. The Balaban J connectivity index is 1.85. The number of methoxy groups -OCH3 is 2. The Morgan fingerprint density at radius 1 is 1.26 bits per heavy atom. The molecule has 1 atom stereocenters. The van der Waals surface area contributed by atoms with E-state index >= 15 is 0 Å². The van der Waals surface area contributed by atoms with Crippen LogP contribution in [0.3, 0.4) is 0 Å². The summed E-state index contributed by atoms with van der Waals surface area (Å²) in [6.45, 7) is 4.20. The molecule has 0 aromatic heterocycles. The average molecular weight is 322 g/mol. The number of ether oxygens (including phenoxy) is 3. The van der Waals surface area contributed by atoms with E-state index in [0.717, 1.165) is 31.6 Å². The van der Waals surface area contributed by atoms with Crippen molar-refractivity contribution in [2.75, 3.05) is 34.0 Å². The van der Waals surface area contributed by atoms with Gasteiger partial charge in [0, 0.05) is 19.8 Å². The van der Waals surface area contributed by atoms with Crippen LogP contribution in [0.25, 0.3) is 0 Å². The number of rotatable bonds is 6. The fraction of sp³-hybridized carbons (Fsp3) is 0.588. The smallest absolute Gasteiger partial charge is 0.315 e. The van der Waals surface area contributed by atoms with Crippen molar-refractivity contribution in [1.29, 1.82) is 0 Å². The summed E-state index contributed by atoms with van der Waals surface area (Å²) in [7, 11) is 3.20. The number of benzene rings is 1. The highest BCUT2D eigenvalue weighted by atomic mass is 16.5. The molecule has 1 aromatic carbocycles. The summed E-state index contributed by atoms with van der Waals surface area (Å²) >= 11 is 0. The molecule has 6 heteroatoms. The molecule has 2 amide bonds. The molecular weight excluding hydrogens is 296 g/mol. The first-order chi connectivity index (χ1) is 11.1. The fourth-order valence-corrected chi connectivity index (χ4v) is 2.64. The Hall–Kier alpha value is -1.95. The summed E-state index contributed by atoms with van der Waals surface area (Å²) in [5, 5.41) is 5.89. The van der Waals surface area contributed by atoms with Crippen molar-refractivity contribution in [1.82, 2.24) is 10.6 Å². The first-order valence-electron chi connectivity index (χ1n) is 7.98. The van der Waals surface area contributed by atoms with Gasteiger partial charge in [-0.05, 0) is 43.4 Å². The van der Waals surface area contributed by atoms with Gasteiger partial charge in [0.2, 0.25) is 0 Å². The molecule has 0 saturated carbocycles. The van der Waals surface area contributed by atoms with Crippen LogP contribution in [0.2, 0.25) is 0 Å². The highest BCUT2D eigenvalue weighted by Gasteiger charge is 2.16. The van der Waals surface area contributed by atoms with Crippen LogP contribution in [0.1, 0.15) is 31.4 Å². The minimum absolute atomic E-state index is 0.121. The van der Waals surface area contributed by atoms with Gasteiger partial charge in [-0.15, -0.1) is 0 Å². The second-order valence-electron chi connectivity index (χ2n) is 5.75. The zero-order valence-corrected chi connectivity index (χ0v) is 14.1. The molecule has 128 valence electrons. The number of carbonyl (C=O) groups is 1. The number of hydrogen-bond acceptors (Lipinski definition) is 4. The Morgan fingerprint density at radius 3 is 2.61 bits per heavy atom. The monoisotopic (exact) mass is 322 g/mol. The zero-order chi connectivity index (χ0) is 16.7. The van der Waals surface area contributed by atoms with Gasteiger partial charge in [-0.3, -0.25) is 0 Å². The predicted molar refractivity (Wildman–Crippen MR) is 88.0 cm³/mol. The van der Waals surface area contributed by atoms with E-state index < -0.39 is 0 Å². The third-order valence-electron chi connectivity index (χ3n) is 4.15. The molecule has 1 unspecified atom stereocenters. The van der Waals surface area contributed by atoms with Crippen molar-refractivity contribution in [3.8, 4) is 11.5 Å². The van der Waals surface area contributed by atoms with Crippen molar-refractivity contribution in [2.45, 2.75) is 25.8 Å². The largest absolute Gasteiger partial charge is 0.493 e. The molecule has 0 bridgehead atoms. The predicted octanol–water partition coefficient (Wildman–Crippen LogP) is 2.49. The van der Waals surface area contributed by atoms with E-state index in [0.29, 0.717) is 24.0 Å². The molecule has 23 heavy (non-hydrogen) atoms. The molecule has 1 saturated heterocycles. The van der Waals surface area contributed by atoms with Gasteiger partial charge in [-0.2, -0.15) is 0 Å². The van der Waals surface area contributed by atoms with Gasteiger partial charge >= 0.3 is 6.03 Å². The van der Waals surface area contributed by atoms with Crippen molar-refractivity contribution in [2.24, 2.45) is 5.92 Å².